The molecule has 104 valence electrons. The molecule has 0 saturated heterocycles. The van der Waals surface area contributed by atoms with Gasteiger partial charge in [-0.05, 0) is 30.3 Å². The molecule has 0 saturated carbocycles. The van der Waals surface area contributed by atoms with Gasteiger partial charge >= 0.3 is 5.97 Å². The summed E-state index contributed by atoms with van der Waals surface area (Å²) >= 11 is 0. The second kappa shape index (κ2) is 5.64. The molecule has 2 rings (SSSR count). The lowest BCUT2D eigenvalue weighted by Crippen LogP contribution is -2.06. The lowest BCUT2D eigenvalue weighted by molar-refractivity contribution is 0.0696. The standard InChI is InChI=1S/C14H10F3NO2/c15-10-2-4-13(12(17)6-10)18-7-9-5-8(14(19)20)1-3-11(9)16/h1-6,18H,7H2,(H,19,20). The fourth-order valence-electron chi connectivity index (χ4n) is 1.67. The average molecular weight is 281 g/mol. The Labute approximate surface area is 112 Å². The van der Waals surface area contributed by atoms with Crippen LogP contribution in [0.3, 0.4) is 0 Å². The summed E-state index contributed by atoms with van der Waals surface area (Å²) in [5, 5.41) is 11.4. The Balaban J connectivity index is 2.18. The second-order valence-corrected chi connectivity index (χ2v) is 4.09. The molecule has 0 amide bonds. The van der Waals surface area contributed by atoms with E-state index in [1.165, 1.54) is 6.07 Å². The predicted octanol–water partition coefficient (Wildman–Crippen LogP) is 3.41. The van der Waals surface area contributed by atoms with Crippen molar-refractivity contribution in [1.29, 1.82) is 0 Å². The van der Waals surface area contributed by atoms with Crippen LogP contribution in [0.4, 0.5) is 18.9 Å². The summed E-state index contributed by atoms with van der Waals surface area (Å²) in [5.41, 5.74) is 0.0166. The van der Waals surface area contributed by atoms with E-state index in [4.69, 9.17) is 5.11 Å². The number of aromatic carboxylic acids is 1. The molecule has 0 fully saturated rings. The predicted molar refractivity (Wildman–Crippen MR) is 67.0 cm³/mol. The number of carbonyl (C=O) groups is 1. The summed E-state index contributed by atoms with van der Waals surface area (Å²) in [6.45, 7) is -0.116. The molecule has 2 N–H and O–H groups in total. The highest BCUT2D eigenvalue weighted by Crippen LogP contribution is 2.17. The van der Waals surface area contributed by atoms with E-state index in [1.54, 1.807) is 0 Å². The molecule has 3 nitrogen and oxygen atoms in total. The molecular formula is C14H10F3NO2. The summed E-state index contributed by atoms with van der Waals surface area (Å²) in [7, 11) is 0. The lowest BCUT2D eigenvalue weighted by Gasteiger charge is -2.09. The number of carboxylic acids is 1. The van der Waals surface area contributed by atoms with Gasteiger partial charge in [-0.1, -0.05) is 0 Å². The third-order valence-electron chi connectivity index (χ3n) is 2.69. The smallest absolute Gasteiger partial charge is 0.335 e. The Morgan fingerprint density at radius 2 is 1.80 bits per heavy atom. The van der Waals surface area contributed by atoms with Crippen molar-refractivity contribution in [3.05, 3.63) is 65.0 Å². The summed E-state index contributed by atoms with van der Waals surface area (Å²) < 4.78 is 39.6. The molecule has 0 aliphatic heterocycles. The third-order valence-corrected chi connectivity index (χ3v) is 2.69. The minimum absolute atomic E-state index is 0.00604. The fourth-order valence-corrected chi connectivity index (χ4v) is 1.67. The van der Waals surface area contributed by atoms with Crippen LogP contribution >= 0.6 is 0 Å². The molecule has 0 heterocycles. The number of benzene rings is 2. The number of carboxylic acid groups (broad SMARTS) is 1. The summed E-state index contributed by atoms with van der Waals surface area (Å²) in [6.07, 6.45) is 0. The monoisotopic (exact) mass is 281 g/mol. The van der Waals surface area contributed by atoms with Crippen LogP contribution in [0.2, 0.25) is 0 Å². The molecule has 0 spiro atoms. The number of halogens is 3. The minimum atomic E-state index is -1.18. The van der Waals surface area contributed by atoms with Crippen LogP contribution in [0.5, 0.6) is 0 Å². The van der Waals surface area contributed by atoms with Crippen molar-refractivity contribution < 1.29 is 23.1 Å². The number of anilines is 1. The maximum absolute atomic E-state index is 13.5. The molecule has 6 heteroatoms. The normalized spacial score (nSPS) is 10.3. The minimum Gasteiger partial charge on any atom is -0.478 e. The number of nitrogens with one attached hydrogen (secondary N) is 1. The molecule has 2 aromatic rings. The van der Waals surface area contributed by atoms with E-state index in [9.17, 15) is 18.0 Å². The zero-order chi connectivity index (χ0) is 14.7. The van der Waals surface area contributed by atoms with E-state index >= 15 is 0 Å². The largest absolute Gasteiger partial charge is 0.478 e. The molecular weight excluding hydrogens is 271 g/mol. The molecule has 2 aromatic carbocycles. The molecule has 0 aliphatic carbocycles. The first-order valence-corrected chi connectivity index (χ1v) is 5.68. The zero-order valence-corrected chi connectivity index (χ0v) is 10.2. The van der Waals surface area contributed by atoms with Crippen molar-refractivity contribution in [2.75, 3.05) is 5.32 Å². The molecule has 0 aromatic heterocycles. The van der Waals surface area contributed by atoms with Gasteiger partial charge in [0.25, 0.3) is 0 Å². The molecule has 0 bridgehead atoms. The van der Waals surface area contributed by atoms with Crippen LogP contribution in [0.15, 0.2) is 36.4 Å². The van der Waals surface area contributed by atoms with E-state index in [0.29, 0.717) is 6.07 Å². The zero-order valence-electron chi connectivity index (χ0n) is 10.2. The van der Waals surface area contributed by atoms with Gasteiger partial charge in [-0.3, -0.25) is 0 Å². The number of rotatable bonds is 4. The van der Waals surface area contributed by atoms with Crippen molar-refractivity contribution in [3.63, 3.8) is 0 Å². The van der Waals surface area contributed by atoms with Gasteiger partial charge in [-0.15, -0.1) is 0 Å². The van der Waals surface area contributed by atoms with Gasteiger partial charge in [0.15, 0.2) is 0 Å². The van der Waals surface area contributed by atoms with E-state index in [-0.39, 0.29) is 23.4 Å². The first kappa shape index (κ1) is 13.9. The first-order valence-electron chi connectivity index (χ1n) is 5.68. The first-order chi connectivity index (χ1) is 9.47. The van der Waals surface area contributed by atoms with Gasteiger partial charge < -0.3 is 10.4 Å². The van der Waals surface area contributed by atoms with Gasteiger partial charge in [0.1, 0.15) is 17.5 Å². The average Bonchev–Trinajstić information content (AvgIpc) is 2.39. The Morgan fingerprint density at radius 1 is 1.05 bits per heavy atom. The van der Waals surface area contributed by atoms with Gasteiger partial charge in [0, 0.05) is 18.2 Å². The Kier molecular flexibility index (Phi) is 3.93. The molecule has 0 unspecified atom stereocenters. The van der Waals surface area contributed by atoms with Crippen LogP contribution < -0.4 is 5.32 Å². The highest BCUT2D eigenvalue weighted by molar-refractivity contribution is 5.87. The lowest BCUT2D eigenvalue weighted by atomic mass is 10.1. The van der Waals surface area contributed by atoms with Crippen LogP contribution in [-0.4, -0.2) is 11.1 Å². The SMILES string of the molecule is O=C(O)c1ccc(F)c(CNc2ccc(F)cc2F)c1. The van der Waals surface area contributed by atoms with Gasteiger partial charge in [-0.2, -0.15) is 0 Å². The van der Waals surface area contributed by atoms with Crippen molar-refractivity contribution in [3.8, 4) is 0 Å². The van der Waals surface area contributed by atoms with Gasteiger partial charge in [0.05, 0.1) is 11.3 Å². The van der Waals surface area contributed by atoms with E-state index in [0.717, 1.165) is 24.3 Å². The molecule has 20 heavy (non-hydrogen) atoms. The van der Waals surface area contributed by atoms with Gasteiger partial charge in [-0.25, -0.2) is 18.0 Å². The van der Waals surface area contributed by atoms with E-state index < -0.39 is 23.4 Å². The topological polar surface area (TPSA) is 49.3 Å². The van der Waals surface area contributed by atoms with Crippen molar-refractivity contribution in [1.82, 2.24) is 0 Å². The van der Waals surface area contributed by atoms with E-state index in [2.05, 4.69) is 5.32 Å². The van der Waals surface area contributed by atoms with Crippen molar-refractivity contribution >= 4 is 11.7 Å². The van der Waals surface area contributed by atoms with Gasteiger partial charge in [0.2, 0.25) is 0 Å². The maximum Gasteiger partial charge on any atom is 0.335 e. The molecule has 0 atom stereocenters. The van der Waals surface area contributed by atoms with Crippen molar-refractivity contribution in [2.45, 2.75) is 6.54 Å². The highest BCUT2D eigenvalue weighted by Gasteiger charge is 2.09. The van der Waals surface area contributed by atoms with Crippen LogP contribution in [0, 0.1) is 17.5 Å². The van der Waals surface area contributed by atoms with Crippen LogP contribution in [0.25, 0.3) is 0 Å². The Hall–Kier alpha value is -2.50. The maximum atomic E-state index is 13.5. The quantitative estimate of drug-likeness (QED) is 0.902. The van der Waals surface area contributed by atoms with Crippen molar-refractivity contribution in [2.24, 2.45) is 0 Å². The fraction of sp³-hybridized carbons (Fsp3) is 0.0714. The van der Waals surface area contributed by atoms with E-state index in [1.807, 2.05) is 0 Å². The Bertz CT molecular complexity index is 659. The number of hydrogen-bond acceptors (Lipinski definition) is 2. The van der Waals surface area contributed by atoms with Crippen LogP contribution in [-0.2, 0) is 6.54 Å². The second-order valence-electron chi connectivity index (χ2n) is 4.09. The highest BCUT2D eigenvalue weighted by atomic mass is 19.1. The van der Waals surface area contributed by atoms with Crippen LogP contribution in [0.1, 0.15) is 15.9 Å². The third kappa shape index (κ3) is 3.09. The summed E-state index contributed by atoms with van der Waals surface area (Å²) in [6, 6.07) is 6.28. The molecule has 0 radical (unpaired) electrons. The summed E-state index contributed by atoms with van der Waals surface area (Å²) in [5.74, 6) is -3.31. The molecule has 0 aliphatic rings. The Morgan fingerprint density at radius 3 is 2.45 bits per heavy atom. The summed E-state index contributed by atoms with van der Waals surface area (Å²) in [4.78, 5) is 10.8. The number of hydrogen-bond donors (Lipinski definition) is 2.